The number of hydrogen-bond acceptors (Lipinski definition) is 3. The van der Waals surface area contributed by atoms with Gasteiger partial charge in [-0.3, -0.25) is 0 Å². The number of benzene rings is 1. The van der Waals surface area contributed by atoms with E-state index < -0.39 is 6.10 Å². The summed E-state index contributed by atoms with van der Waals surface area (Å²) in [5.74, 6) is 0. The number of nitrogens with two attached hydrogens (primary N) is 1. The van der Waals surface area contributed by atoms with E-state index in [1.807, 2.05) is 0 Å². The molecule has 0 radical (unpaired) electrons. The molecule has 0 spiro atoms. The van der Waals surface area contributed by atoms with Crippen molar-refractivity contribution in [1.82, 2.24) is 5.32 Å². The van der Waals surface area contributed by atoms with Crippen molar-refractivity contribution in [2.75, 3.05) is 17.6 Å². The van der Waals surface area contributed by atoms with Gasteiger partial charge in [0, 0.05) is 17.9 Å². The van der Waals surface area contributed by atoms with Crippen molar-refractivity contribution in [2.45, 2.75) is 13.0 Å². The van der Waals surface area contributed by atoms with Crippen LogP contribution in [0.25, 0.3) is 0 Å². The first kappa shape index (κ1) is 11.3. The molecule has 0 aliphatic heterocycles. The fourth-order valence-corrected chi connectivity index (χ4v) is 0.982. The molecule has 5 heteroatoms. The van der Waals surface area contributed by atoms with Crippen LogP contribution in [0.5, 0.6) is 0 Å². The molecule has 1 aromatic rings. The molecule has 1 unspecified atom stereocenters. The van der Waals surface area contributed by atoms with Crippen molar-refractivity contribution in [3.05, 3.63) is 24.3 Å². The fraction of sp³-hybridized carbons (Fsp3) is 0.300. The lowest BCUT2D eigenvalue weighted by atomic mass is 10.3. The van der Waals surface area contributed by atoms with Crippen LogP contribution in [0.4, 0.5) is 16.2 Å². The van der Waals surface area contributed by atoms with Crippen LogP contribution in [-0.2, 0) is 0 Å². The zero-order valence-corrected chi connectivity index (χ0v) is 8.53. The summed E-state index contributed by atoms with van der Waals surface area (Å²) in [5, 5.41) is 14.1. The Labute approximate surface area is 88.3 Å². The molecule has 2 amide bonds. The maximum atomic E-state index is 11.2. The molecular formula is C10H15N3O2. The van der Waals surface area contributed by atoms with Crippen molar-refractivity contribution >= 4 is 17.4 Å². The molecule has 0 saturated heterocycles. The van der Waals surface area contributed by atoms with Gasteiger partial charge in [-0.1, -0.05) is 0 Å². The maximum Gasteiger partial charge on any atom is 0.319 e. The molecule has 82 valence electrons. The van der Waals surface area contributed by atoms with E-state index in [1.54, 1.807) is 31.2 Å². The number of urea groups is 1. The molecule has 5 N–H and O–H groups in total. The Morgan fingerprint density at radius 3 is 2.60 bits per heavy atom. The lowest BCUT2D eigenvalue weighted by molar-refractivity contribution is 0.190. The fourth-order valence-electron chi connectivity index (χ4n) is 0.982. The summed E-state index contributed by atoms with van der Waals surface area (Å²) in [7, 11) is 0. The first-order chi connectivity index (χ1) is 7.08. The third-order valence-electron chi connectivity index (χ3n) is 1.73. The average molecular weight is 209 g/mol. The molecule has 0 heterocycles. The molecule has 1 atom stereocenters. The normalized spacial score (nSPS) is 11.9. The second-order valence-electron chi connectivity index (χ2n) is 3.31. The number of amides is 2. The zero-order valence-electron chi connectivity index (χ0n) is 8.53. The van der Waals surface area contributed by atoms with E-state index in [0.29, 0.717) is 11.4 Å². The van der Waals surface area contributed by atoms with Crippen molar-refractivity contribution < 1.29 is 9.90 Å². The van der Waals surface area contributed by atoms with Crippen LogP contribution in [0.3, 0.4) is 0 Å². The monoisotopic (exact) mass is 209 g/mol. The molecule has 5 nitrogen and oxygen atoms in total. The van der Waals surface area contributed by atoms with Crippen LogP contribution in [-0.4, -0.2) is 23.8 Å². The van der Waals surface area contributed by atoms with E-state index in [1.165, 1.54) is 0 Å². The Bertz CT molecular complexity index is 322. The number of carbonyl (C=O) groups is 1. The van der Waals surface area contributed by atoms with E-state index in [2.05, 4.69) is 10.6 Å². The average Bonchev–Trinajstić information content (AvgIpc) is 2.19. The summed E-state index contributed by atoms with van der Waals surface area (Å²) < 4.78 is 0. The Hall–Kier alpha value is -1.75. The van der Waals surface area contributed by atoms with Crippen molar-refractivity contribution in [3.8, 4) is 0 Å². The highest BCUT2D eigenvalue weighted by molar-refractivity contribution is 5.89. The van der Waals surface area contributed by atoms with Crippen molar-refractivity contribution in [1.29, 1.82) is 0 Å². The number of anilines is 2. The quantitative estimate of drug-likeness (QED) is 0.554. The van der Waals surface area contributed by atoms with Gasteiger partial charge in [-0.25, -0.2) is 4.79 Å². The Morgan fingerprint density at radius 2 is 2.07 bits per heavy atom. The van der Waals surface area contributed by atoms with Crippen molar-refractivity contribution in [3.63, 3.8) is 0 Å². The van der Waals surface area contributed by atoms with E-state index in [-0.39, 0.29) is 12.6 Å². The second kappa shape index (κ2) is 5.21. The van der Waals surface area contributed by atoms with E-state index in [0.717, 1.165) is 0 Å². The standard InChI is InChI=1S/C10H15N3O2/c1-7(14)6-12-10(15)13-9-4-2-8(11)3-5-9/h2-5,7,14H,6,11H2,1H3,(H2,12,13,15). The van der Waals surface area contributed by atoms with E-state index in [9.17, 15) is 4.79 Å². The van der Waals surface area contributed by atoms with Crippen LogP contribution >= 0.6 is 0 Å². The van der Waals surface area contributed by atoms with Gasteiger partial charge in [0.2, 0.25) is 0 Å². The SMILES string of the molecule is CC(O)CNC(=O)Nc1ccc(N)cc1. The molecule has 0 fully saturated rings. The first-order valence-electron chi connectivity index (χ1n) is 4.66. The molecule has 0 bridgehead atoms. The zero-order chi connectivity index (χ0) is 11.3. The largest absolute Gasteiger partial charge is 0.399 e. The lowest BCUT2D eigenvalue weighted by Gasteiger charge is -2.08. The van der Waals surface area contributed by atoms with Crippen LogP contribution in [0, 0.1) is 0 Å². The molecule has 0 saturated carbocycles. The Balaban J connectivity index is 2.41. The predicted molar refractivity (Wildman–Crippen MR) is 59.6 cm³/mol. The van der Waals surface area contributed by atoms with Gasteiger partial charge in [0.1, 0.15) is 0 Å². The van der Waals surface area contributed by atoms with Gasteiger partial charge in [-0.2, -0.15) is 0 Å². The molecule has 0 aliphatic carbocycles. The summed E-state index contributed by atoms with van der Waals surface area (Å²) in [5.41, 5.74) is 6.80. The highest BCUT2D eigenvalue weighted by Crippen LogP contribution is 2.09. The Morgan fingerprint density at radius 1 is 1.47 bits per heavy atom. The predicted octanol–water partition coefficient (Wildman–Crippen LogP) is 0.771. The van der Waals surface area contributed by atoms with Gasteiger partial charge in [0.05, 0.1) is 6.10 Å². The van der Waals surface area contributed by atoms with Gasteiger partial charge >= 0.3 is 6.03 Å². The van der Waals surface area contributed by atoms with Gasteiger partial charge < -0.3 is 21.5 Å². The molecule has 0 aliphatic rings. The van der Waals surface area contributed by atoms with Crippen LogP contribution in [0.15, 0.2) is 24.3 Å². The molecular weight excluding hydrogens is 194 g/mol. The number of nitrogens with one attached hydrogen (secondary N) is 2. The second-order valence-corrected chi connectivity index (χ2v) is 3.31. The maximum absolute atomic E-state index is 11.2. The van der Waals surface area contributed by atoms with Gasteiger partial charge in [0.25, 0.3) is 0 Å². The van der Waals surface area contributed by atoms with Crippen LogP contribution in [0.1, 0.15) is 6.92 Å². The third-order valence-corrected chi connectivity index (χ3v) is 1.73. The van der Waals surface area contributed by atoms with Gasteiger partial charge in [-0.05, 0) is 31.2 Å². The number of rotatable bonds is 3. The minimum atomic E-state index is -0.554. The van der Waals surface area contributed by atoms with E-state index >= 15 is 0 Å². The smallest absolute Gasteiger partial charge is 0.319 e. The van der Waals surface area contributed by atoms with Gasteiger partial charge in [0.15, 0.2) is 0 Å². The summed E-state index contributed by atoms with van der Waals surface area (Å²) in [4.78, 5) is 11.2. The summed E-state index contributed by atoms with van der Waals surface area (Å²) >= 11 is 0. The highest BCUT2D eigenvalue weighted by Gasteiger charge is 2.02. The third kappa shape index (κ3) is 4.33. The van der Waals surface area contributed by atoms with E-state index in [4.69, 9.17) is 10.8 Å². The highest BCUT2D eigenvalue weighted by atomic mass is 16.3. The minimum Gasteiger partial charge on any atom is -0.399 e. The van der Waals surface area contributed by atoms with Crippen LogP contribution < -0.4 is 16.4 Å². The first-order valence-corrected chi connectivity index (χ1v) is 4.66. The summed E-state index contributed by atoms with van der Waals surface area (Å²) in [6.07, 6.45) is -0.554. The number of carbonyl (C=O) groups excluding carboxylic acids is 1. The molecule has 15 heavy (non-hydrogen) atoms. The Kier molecular flexibility index (Phi) is 3.93. The van der Waals surface area contributed by atoms with Gasteiger partial charge in [-0.15, -0.1) is 0 Å². The number of aliphatic hydroxyl groups is 1. The number of hydrogen-bond donors (Lipinski definition) is 4. The molecule has 1 rings (SSSR count). The molecule has 1 aromatic carbocycles. The number of aliphatic hydroxyl groups excluding tert-OH is 1. The lowest BCUT2D eigenvalue weighted by Crippen LogP contribution is -2.34. The summed E-state index contributed by atoms with van der Waals surface area (Å²) in [6.45, 7) is 1.82. The topological polar surface area (TPSA) is 87.4 Å². The van der Waals surface area contributed by atoms with Crippen LogP contribution in [0.2, 0.25) is 0 Å². The van der Waals surface area contributed by atoms with Crippen molar-refractivity contribution in [2.24, 2.45) is 0 Å². The molecule has 0 aromatic heterocycles. The number of nitrogen functional groups attached to an aromatic ring is 1. The minimum absolute atomic E-state index is 0.223. The summed E-state index contributed by atoms with van der Waals surface area (Å²) in [6, 6.07) is 6.46.